The lowest BCUT2D eigenvalue weighted by atomic mass is 9.95. The second-order valence-electron chi connectivity index (χ2n) is 3.35. The van der Waals surface area contributed by atoms with E-state index in [1.807, 2.05) is 39.2 Å². The van der Waals surface area contributed by atoms with Crippen LogP contribution in [0.1, 0.15) is 22.3 Å². The number of aryl methyl sites for hydroxylation is 3. The van der Waals surface area contributed by atoms with Gasteiger partial charge in [-0.15, -0.1) is 0 Å². The Morgan fingerprint density at radius 2 is 1.69 bits per heavy atom. The molecule has 0 spiro atoms. The Bertz CT molecular complexity index is 338. The number of hydrogen-bond acceptors (Lipinski definition) is 1. The predicted molar refractivity (Wildman–Crippen MR) is 55.4 cm³/mol. The van der Waals surface area contributed by atoms with E-state index in [0.717, 1.165) is 16.7 Å². The van der Waals surface area contributed by atoms with Crippen LogP contribution in [-0.4, -0.2) is 6.29 Å². The first-order valence-electron chi connectivity index (χ1n) is 4.21. The van der Waals surface area contributed by atoms with Gasteiger partial charge >= 0.3 is 0 Å². The maximum atomic E-state index is 10.5. The molecular weight excluding hydrogens is 160 g/mol. The Morgan fingerprint density at radius 3 is 2.08 bits per heavy atom. The topological polar surface area (TPSA) is 17.1 Å². The molecule has 0 aliphatic heterocycles. The fraction of sp³-hybridized carbons (Fsp3) is 0.250. The van der Waals surface area contributed by atoms with Crippen LogP contribution in [0.25, 0.3) is 5.57 Å². The second kappa shape index (κ2) is 3.56. The van der Waals surface area contributed by atoms with E-state index in [0.29, 0.717) is 5.57 Å². The highest BCUT2D eigenvalue weighted by atomic mass is 16.1. The maximum Gasteiger partial charge on any atom is 0.233 e. The molecule has 0 saturated carbocycles. The van der Waals surface area contributed by atoms with E-state index in [1.165, 1.54) is 5.56 Å². The monoisotopic (exact) mass is 173 g/mol. The summed E-state index contributed by atoms with van der Waals surface area (Å²) >= 11 is 0. The van der Waals surface area contributed by atoms with Gasteiger partial charge in [-0.1, -0.05) is 24.3 Å². The molecule has 1 aromatic carbocycles. The van der Waals surface area contributed by atoms with Gasteiger partial charge in [0.2, 0.25) is 6.29 Å². The van der Waals surface area contributed by atoms with Crippen molar-refractivity contribution in [2.45, 2.75) is 20.8 Å². The number of allylic oxidation sites excluding steroid dienone is 1. The Labute approximate surface area is 79.1 Å². The smallest absolute Gasteiger partial charge is 0.233 e. The van der Waals surface area contributed by atoms with Gasteiger partial charge in [-0.05, 0) is 37.5 Å². The molecule has 0 saturated heterocycles. The minimum absolute atomic E-state index is 0.440. The fourth-order valence-electron chi connectivity index (χ4n) is 1.71. The summed E-state index contributed by atoms with van der Waals surface area (Å²) < 4.78 is 0. The lowest BCUT2D eigenvalue weighted by Crippen LogP contribution is -1.94. The summed E-state index contributed by atoms with van der Waals surface area (Å²) in [5, 5.41) is 0. The van der Waals surface area contributed by atoms with Gasteiger partial charge in [0, 0.05) is 5.57 Å². The van der Waals surface area contributed by atoms with Crippen LogP contribution in [-0.2, 0) is 4.79 Å². The molecule has 0 atom stereocenters. The fourth-order valence-corrected chi connectivity index (χ4v) is 1.71. The van der Waals surface area contributed by atoms with Gasteiger partial charge in [0.15, 0.2) is 0 Å². The molecule has 0 N–H and O–H groups in total. The lowest BCUT2D eigenvalue weighted by Gasteiger charge is -2.09. The summed E-state index contributed by atoms with van der Waals surface area (Å²) in [6.07, 6.45) is 1.84. The quantitative estimate of drug-likeness (QED) is 0.628. The van der Waals surface area contributed by atoms with Crippen LogP contribution in [0.3, 0.4) is 0 Å². The molecule has 1 aromatic rings. The average molecular weight is 173 g/mol. The Hall–Kier alpha value is -1.37. The average Bonchev–Trinajstić information content (AvgIpc) is 2.02. The first-order chi connectivity index (χ1) is 6.06. The number of benzene rings is 1. The van der Waals surface area contributed by atoms with Crippen LogP contribution < -0.4 is 0 Å². The lowest BCUT2D eigenvalue weighted by molar-refractivity contribution is 0.565. The Balaban J connectivity index is 3.36. The molecule has 0 fully saturated rings. The minimum atomic E-state index is 0.440. The minimum Gasteiger partial charge on any atom is -0.285 e. The summed E-state index contributed by atoms with van der Waals surface area (Å²) in [5.74, 6) is 0. The van der Waals surface area contributed by atoms with Gasteiger partial charge in [0.25, 0.3) is 0 Å². The highest BCUT2D eigenvalue weighted by Gasteiger charge is 2.06. The third-order valence-corrected chi connectivity index (χ3v) is 2.10. The molecule has 1 nitrogen and oxygen atoms in total. The predicted octanol–water partition coefficient (Wildman–Crippen LogP) is 2.73. The third kappa shape index (κ3) is 1.86. The van der Waals surface area contributed by atoms with Crippen molar-refractivity contribution in [3.8, 4) is 0 Å². The van der Waals surface area contributed by atoms with Gasteiger partial charge < -0.3 is 0 Å². The van der Waals surface area contributed by atoms with Gasteiger partial charge in [0.05, 0.1) is 0 Å². The van der Waals surface area contributed by atoms with Crippen LogP contribution in [0.15, 0.2) is 18.7 Å². The molecule has 0 amide bonds. The van der Waals surface area contributed by atoms with Gasteiger partial charge in [0.1, 0.15) is 0 Å². The van der Waals surface area contributed by atoms with Crippen molar-refractivity contribution in [2.75, 3.05) is 0 Å². The molecule has 1 rings (SSSR count). The largest absolute Gasteiger partial charge is 0.285 e. The molecule has 0 unspecified atom stereocenters. The molecule has 13 heavy (non-hydrogen) atoms. The first-order valence-corrected chi connectivity index (χ1v) is 4.21. The molecule has 67 valence electrons. The zero-order valence-corrected chi connectivity index (χ0v) is 8.27. The first kappa shape index (κ1) is 9.72. The van der Waals surface area contributed by atoms with Crippen LogP contribution in [0.5, 0.6) is 0 Å². The van der Waals surface area contributed by atoms with Crippen molar-refractivity contribution in [3.05, 3.63) is 41.0 Å². The summed E-state index contributed by atoms with van der Waals surface area (Å²) in [6.45, 7) is 9.68. The SMILES string of the molecule is C=C([C]=O)c1c(C)cc(C)cc1C. The van der Waals surface area contributed by atoms with Crippen molar-refractivity contribution in [1.29, 1.82) is 0 Å². The second-order valence-corrected chi connectivity index (χ2v) is 3.35. The maximum absolute atomic E-state index is 10.5. The molecule has 0 aromatic heterocycles. The Morgan fingerprint density at radius 1 is 1.23 bits per heavy atom. The molecule has 0 heterocycles. The van der Waals surface area contributed by atoms with Crippen molar-refractivity contribution in [1.82, 2.24) is 0 Å². The van der Waals surface area contributed by atoms with E-state index >= 15 is 0 Å². The zero-order chi connectivity index (χ0) is 10.0. The summed E-state index contributed by atoms with van der Waals surface area (Å²) in [6, 6.07) is 4.09. The summed E-state index contributed by atoms with van der Waals surface area (Å²) in [5.41, 5.74) is 4.75. The summed E-state index contributed by atoms with van der Waals surface area (Å²) in [7, 11) is 0. The standard InChI is InChI=1S/C12H13O/c1-8-5-9(2)12(10(3)6-8)11(4)7-13/h5-6H,4H2,1-3H3. The van der Waals surface area contributed by atoms with Crippen molar-refractivity contribution in [3.63, 3.8) is 0 Å². The van der Waals surface area contributed by atoms with Gasteiger partial charge in [-0.3, -0.25) is 4.79 Å². The van der Waals surface area contributed by atoms with E-state index < -0.39 is 0 Å². The van der Waals surface area contributed by atoms with Crippen molar-refractivity contribution < 1.29 is 4.79 Å². The van der Waals surface area contributed by atoms with E-state index in [9.17, 15) is 4.79 Å². The molecule has 1 radical (unpaired) electrons. The van der Waals surface area contributed by atoms with E-state index in [1.54, 1.807) is 0 Å². The molecule has 0 bridgehead atoms. The number of carbonyl (C=O) groups excluding carboxylic acids is 1. The highest BCUT2D eigenvalue weighted by molar-refractivity contribution is 6.07. The van der Waals surface area contributed by atoms with Crippen LogP contribution in [0.2, 0.25) is 0 Å². The van der Waals surface area contributed by atoms with Gasteiger partial charge in [-0.2, -0.15) is 0 Å². The number of hydrogen-bond donors (Lipinski definition) is 0. The third-order valence-electron chi connectivity index (χ3n) is 2.10. The van der Waals surface area contributed by atoms with Crippen LogP contribution in [0.4, 0.5) is 0 Å². The van der Waals surface area contributed by atoms with E-state index in [-0.39, 0.29) is 0 Å². The van der Waals surface area contributed by atoms with Crippen molar-refractivity contribution >= 4 is 11.9 Å². The number of rotatable bonds is 2. The Kier molecular flexibility index (Phi) is 2.66. The van der Waals surface area contributed by atoms with E-state index in [2.05, 4.69) is 6.58 Å². The molecule has 1 heteroatoms. The molecule has 0 aliphatic carbocycles. The zero-order valence-electron chi connectivity index (χ0n) is 8.27. The van der Waals surface area contributed by atoms with Crippen molar-refractivity contribution in [2.24, 2.45) is 0 Å². The van der Waals surface area contributed by atoms with Gasteiger partial charge in [-0.25, -0.2) is 0 Å². The van der Waals surface area contributed by atoms with E-state index in [4.69, 9.17) is 0 Å². The molecule has 0 aliphatic rings. The molecular formula is C12H13O. The highest BCUT2D eigenvalue weighted by Crippen LogP contribution is 2.21. The summed E-state index contributed by atoms with van der Waals surface area (Å²) in [4.78, 5) is 10.5. The van der Waals surface area contributed by atoms with Crippen LogP contribution >= 0.6 is 0 Å². The normalized spacial score (nSPS) is 9.77. The van der Waals surface area contributed by atoms with Crippen LogP contribution in [0, 0.1) is 20.8 Å².